The van der Waals surface area contributed by atoms with Gasteiger partial charge in [-0.2, -0.15) is 0 Å². The van der Waals surface area contributed by atoms with Gasteiger partial charge in [0, 0.05) is 11.5 Å². The Kier molecular flexibility index (Phi) is 5.02. The molecule has 1 fully saturated rings. The standard InChI is InChI=1S/C20H20O6/c1-24-18-9-12(3-5-16(18)21)7-14-11-26-20(23)15(14)8-13-4-6-17(22)19(10-13)25-2/h3-6,8-10,14,21-22H,7,11H2,1-2H3/b15-8+. The fourth-order valence-corrected chi connectivity index (χ4v) is 2.96. The van der Waals surface area contributed by atoms with E-state index in [1.54, 1.807) is 36.4 Å². The SMILES string of the molecule is COc1cc(/C=C2/C(=O)OCC2Cc2ccc(O)c(OC)c2)ccc1O. The molecule has 0 aromatic heterocycles. The molecule has 136 valence electrons. The van der Waals surface area contributed by atoms with E-state index >= 15 is 0 Å². The highest BCUT2D eigenvalue weighted by molar-refractivity contribution is 5.96. The first-order chi connectivity index (χ1) is 12.5. The number of ether oxygens (including phenoxy) is 3. The molecule has 1 aliphatic heterocycles. The summed E-state index contributed by atoms with van der Waals surface area (Å²) in [6, 6.07) is 10.00. The maximum absolute atomic E-state index is 12.1. The molecule has 2 aromatic carbocycles. The van der Waals surface area contributed by atoms with Gasteiger partial charge in [-0.1, -0.05) is 12.1 Å². The number of aromatic hydroxyl groups is 2. The summed E-state index contributed by atoms with van der Waals surface area (Å²) in [5.74, 6) is 0.370. The summed E-state index contributed by atoms with van der Waals surface area (Å²) in [6.07, 6.45) is 2.32. The normalized spacial score (nSPS) is 18.0. The Bertz CT molecular complexity index is 855. The number of phenolic OH excluding ortho intramolecular Hbond substituents is 2. The van der Waals surface area contributed by atoms with Crippen molar-refractivity contribution in [3.8, 4) is 23.0 Å². The number of carbonyl (C=O) groups is 1. The Hall–Kier alpha value is -3.15. The monoisotopic (exact) mass is 356 g/mol. The van der Waals surface area contributed by atoms with Crippen LogP contribution in [0.5, 0.6) is 23.0 Å². The number of hydrogen-bond acceptors (Lipinski definition) is 6. The minimum atomic E-state index is -0.354. The third-order valence-corrected chi connectivity index (χ3v) is 4.34. The van der Waals surface area contributed by atoms with Crippen molar-refractivity contribution < 1.29 is 29.2 Å². The van der Waals surface area contributed by atoms with E-state index in [0.717, 1.165) is 11.1 Å². The minimum absolute atomic E-state index is 0.0383. The van der Waals surface area contributed by atoms with Gasteiger partial charge in [-0.3, -0.25) is 0 Å². The van der Waals surface area contributed by atoms with Gasteiger partial charge in [-0.25, -0.2) is 4.79 Å². The number of phenols is 2. The van der Waals surface area contributed by atoms with E-state index in [1.165, 1.54) is 20.3 Å². The van der Waals surface area contributed by atoms with E-state index < -0.39 is 0 Å². The minimum Gasteiger partial charge on any atom is -0.504 e. The summed E-state index contributed by atoms with van der Waals surface area (Å²) >= 11 is 0. The molecule has 0 saturated carbocycles. The lowest BCUT2D eigenvalue weighted by atomic mass is 9.92. The van der Waals surface area contributed by atoms with Crippen LogP contribution in [0, 0.1) is 5.92 Å². The third kappa shape index (κ3) is 3.59. The predicted molar refractivity (Wildman–Crippen MR) is 95.4 cm³/mol. The Labute approximate surface area is 151 Å². The number of hydrogen-bond donors (Lipinski definition) is 2. The molecule has 0 bridgehead atoms. The van der Waals surface area contributed by atoms with Crippen molar-refractivity contribution in [2.45, 2.75) is 6.42 Å². The van der Waals surface area contributed by atoms with Crippen LogP contribution in [-0.2, 0) is 16.0 Å². The van der Waals surface area contributed by atoms with Crippen LogP contribution in [0.4, 0.5) is 0 Å². The summed E-state index contributed by atoms with van der Waals surface area (Å²) in [7, 11) is 2.96. The van der Waals surface area contributed by atoms with Crippen molar-refractivity contribution in [2.24, 2.45) is 5.92 Å². The Morgan fingerprint density at radius 3 is 2.42 bits per heavy atom. The Morgan fingerprint density at radius 2 is 1.73 bits per heavy atom. The van der Waals surface area contributed by atoms with Gasteiger partial charge in [0.2, 0.25) is 0 Å². The molecule has 1 aliphatic rings. The Balaban J connectivity index is 1.87. The van der Waals surface area contributed by atoms with E-state index in [9.17, 15) is 15.0 Å². The second kappa shape index (κ2) is 7.39. The van der Waals surface area contributed by atoms with Crippen LogP contribution in [-0.4, -0.2) is 37.0 Å². The lowest BCUT2D eigenvalue weighted by Gasteiger charge is -2.11. The first kappa shape index (κ1) is 17.7. The summed E-state index contributed by atoms with van der Waals surface area (Å²) in [6.45, 7) is 0.295. The van der Waals surface area contributed by atoms with Crippen LogP contribution < -0.4 is 9.47 Å². The average molecular weight is 356 g/mol. The second-order valence-electron chi connectivity index (χ2n) is 6.04. The molecule has 1 atom stereocenters. The number of benzene rings is 2. The largest absolute Gasteiger partial charge is 0.504 e. The fourth-order valence-electron chi connectivity index (χ4n) is 2.96. The van der Waals surface area contributed by atoms with Gasteiger partial charge in [0.25, 0.3) is 0 Å². The van der Waals surface area contributed by atoms with Crippen LogP contribution in [0.25, 0.3) is 6.08 Å². The lowest BCUT2D eigenvalue weighted by molar-refractivity contribution is -0.135. The molecule has 2 N–H and O–H groups in total. The van der Waals surface area contributed by atoms with Gasteiger partial charge in [0.15, 0.2) is 23.0 Å². The van der Waals surface area contributed by atoms with Crippen molar-refractivity contribution in [2.75, 3.05) is 20.8 Å². The zero-order valence-electron chi connectivity index (χ0n) is 14.6. The fraction of sp³-hybridized carbons (Fsp3) is 0.250. The van der Waals surface area contributed by atoms with Crippen LogP contribution in [0.15, 0.2) is 42.0 Å². The quantitative estimate of drug-likeness (QED) is 0.633. The van der Waals surface area contributed by atoms with Crippen LogP contribution in [0.2, 0.25) is 0 Å². The molecule has 1 unspecified atom stereocenters. The zero-order valence-corrected chi connectivity index (χ0v) is 14.6. The van der Waals surface area contributed by atoms with Crippen molar-refractivity contribution in [1.82, 2.24) is 0 Å². The van der Waals surface area contributed by atoms with Crippen molar-refractivity contribution in [1.29, 1.82) is 0 Å². The van der Waals surface area contributed by atoms with Gasteiger partial charge in [-0.15, -0.1) is 0 Å². The smallest absolute Gasteiger partial charge is 0.334 e. The van der Waals surface area contributed by atoms with E-state index in [1.807, 2.05) is 0 Å². The van der Waals surface area contributed by atoms with Crippen LogP contribution >= 0.6 is 0 Å². The lowest BCUT2D eigenvalue weighted by Crippen LogP contribution is -2.07. The highest BCUT2D eigenvalue weighted by Gasteiger charge is 2.30. The first-order valence-corrected chi connectivity index (χ1v) is 8.13. The molecule has 1 saturated heterocycles. The first-order valence-electron chi connectivity index (χ1n) is 8.13. The maximum atomic E-state index is 12.1. The summed E-state index contributed by atoms with van der Waals surface area (Å²) in [5.41, 5.74) is 2.23. The summed E-state index contributed by atoms with van der Waals surface area (Å²) in [4.78, 5) is 12.1. The van der Waals surface area contributed by atoms with Gasteiger partial charge in [-0.05, 0) is 47.9 Å². The molecular weight excluding hydrogens is 336 g/mol. The molecule has 2 aromatic rings. The summed E-state index contributed by atoms with van der Waals surface area (Å²) in [5, 5.41) is 19.4. The topological polar surface area (TPSA) is 85.2 Å². The van der Waals surface area contributed by atoms with Gasteiger partial charge < -0.3 is 24.4 Å². The zero-order chi connectivity index (χ0) is 18.7. The van der Waals surface area contributed by atoms with E-state index in [0.29, 0.717) is 30.1 Å². The number of methoxy groups -OCH3 is 2. The highest BCUT2D eigenvalue weighted by atomic mass is 16.5. The van der Waals surface area contributed by atoms with Crippen molar-refractivity contribution >= 4 is 12.0 Å². The molecule has 6 heteroatoms. The molecule has 6 nitrogen and oxygen atoms in total. The van der Waals surface area contributed by atoms with E-state index in [4.69, 9.17) is 14.2 Å². The third-order valence-electron chi connectivity index (χ3n) is 4.34. The molecule has 0 aliphatic carbocycles. The van der Waals surface area contributed by atoms with E-state index in [2.05, 4.69) is 0 Å². The van der Waals surface area contributed by atoms with E-state index in [-0.39, 0.29) is 23.4 Å². The highest BCUT2D eigenvalue weighted by Crippen LogP contribution is 2.33. The molecule has 1 heterocycles. The molecule has 26 heavy (non-hydrogen) atoms. The van der Waals surface area contributed by atoms with Crippen LogP contribution in [0.1, 0.15) is 11.1 Å². The van der Waals surface area contributed by atoms with Gasteiger partial charge in [0.1, 0.15) is 0 Å². The number of esters is 1. The number of rotatable bonds is 5. The van der Waals surface area contributed by atoms with Gasteiger partial charge >= 0.3 is 5.97 Å². The Morgan fingerprint density at radius 1 is 1.08 bits per heavy atom. The molecule has 0 radical (unpaired) electrons. The second-order valence-corrected chi connectivity index (χ2v) is 6.04. The summed E-state index contributed by atoms with van der Waals surface area (Å²) < 4.78 is 15.4. The number of carbonyl (C=O) groups excluding carboxylic acids is 1. The maximum Gasteiger partial charge on any atom is 0.334 e. The number of cyclic esters (lactones) is 1. The van der Waals surface area contributed by atoms with Crippen molar-refractivity contribution in [3.05, 3.63) is 53.1 Å². The van der Waals surface area contributed by atoms with Crippen molar-refractivity contribution in [3.63, 3.8) is 0 Å². The molecular formula is C20H20O6. The molecule has 0 amide bonds. The predicted octanol–water partition coefficient (Wildman–Crippen LogP) is 2.91. The molecule has 0 spiro atoms. The molecule has 3 rings (SSSR count). The van der Waals surface area contributed by atoms with Crippen LogP contribution in [0.3, 0.4) is 0 Å². The average Bonchev–Trinajstić information content (AvgIpc) is 2.98. The van der Waals surface area contributed by atoms with Gasteiger partial charge in [0.05, 0.1) is 20.8 Å².